The summed E-state index contributed by atoms with van der Waals surface area (Å²) in [6.07, 6.45) is -2.70. The lowest BCUT2D eigenvalue weighted by Crippen LogP contribution is -2.18. The molecule has 0 fully saturated rings. The Balaban J connectivity index is 1.46. The zero-order valence-corrected chi connectivity index (χ0v) is 18.6. The number of ether oxygens (including phenoxy) is 2. The standard InChI is InChI=1S/C23H23F2N5O4/c1-15-26-21(28-30(15)14-16-5-3-6-19(13-16)32-12-4-11-31)22-27-20(29-34-22)17-7-9-18(10-8-17)33-23(2,24)25/h3,5-10,13,31H,4,11-12,14H2,1-2H3. The topological polar surface area (TPSA) is 108 Å². The molecule has 2 heterocycles. The number of aromatic nitrogens is 5. The van der Waals surface area contributed by atoms with Crippen LogP contribution in [0.25, 0.3) is 23.1 Å². The maximum absolute atomic E-state index is 13.0. The van der Waals surface area contributed by atoms with Crippen molar-refractivity contribution < 1.29 is 27.9 Å². The Morgan fingerprint density at radius 3 is 2.59 bits per heavy atom. The van der Waals surface area contributed by atoms with Gasteiger partial charge in [0.15, 0.2) is 0 Å². The van der Waals surface area contributed by atoms with Crippen molar-refractivity contribution in [2.45, 2.75) is 32.9 Å². The van der Waals surface area contributed by atoms with Crippen molar-refractivity contribution in [3.8, 4) is 34.6 Å². The molecule has 2 aromatic carbocycles. The summed E-state index contributed by atoms with van der Waals surface area (Å²) in [5.74, 6) is 2.08. The summed E-state index contributed by atoms with van der Waals surface area (Å²) in [4.78, 5) is 8.74. The third kappa shape index (κ3) is 5.93. The van der Waals surface area contributed by atoms with E-state index in [2.05, 4.69) is 25.0 Å². The summed E-state index contributed by atoms with van der Waals surface area (Å²) < 4.78 is 43.1. The molecule has 0 atom stereocenters. The number of hydrogen-bond acceptors (Lipinski definition) is 8. The Hall–Kier alpha value is -3.86. The van der Waals surface area contributed by atoms with Crippen molar-refractivity contribution >= 4 is 0 Å². The van der Waals surface area contributed by atoms with Gasteiger partial charge in [0, 0.05) is 25.5 Å². The molecule has 11 heteroatoms. The molecule has 0 amide bonds. The molecule has 0 unspecified atom stereocenters. The molecule has 0 aliphatic heterocycles. The van der Waals surface area contributed by atoms with Gasteiger partial charge in [0.2, 0.25) is 11.6 Å². The van der Waals surface area contributed by atoms with E-state index in [0.717, 1.165) is 5.56 Å². The first-order valence-corrected chi connectivity index (χ1v) is 10.6. The number of alkyl halides is 2. The van der Waals surface area contributed by atoms with Crippen LogP contribution in [-0.2, 0) is 6.54 Å². The van der Waals surface area contributed by atoms with Gasteiger partial charge in [0.25, 0.3) is 5.89 Å². The Morgan fingerprint density at radius 2 is 1.85 bits per heavy atom. The molecule has 0 saturated heterocycles. The largest absolute Gasteiger partial charge is 0.493 e. The van der Waals surface area contributed by atoms with Crippen LogP contribution in [0, 0.1) is 6.92 Å². The highest BCUT2D eigenvalue weighted by molar-refractivity contribution is 5.57. The van der Waals surface area contributed by atoms with Crippen molar-refractivity contribution in [1.82, 2.24) is 24.9 Å². The van der Waals surface area contributed by atoms with E-state index in [0.29, 0.717) is 43.6 Å². The van der Waals surface area contributed by atoms with Crippen LogP contribution in [0.3, 0.4) is 0 Å². The van der Waals surface area contributed by atoms with Gasteiger partial charge >= 0.3 is 6.11 Å². The van der Waals surface area contributed by atoms with E-state index in [1.165, 1.54) is 12.1 Å². The van der Waals surface area contributed by atoms with Crippen molar-refractivity contribution in [2.75, 3.05) is 13.2 Å². The molecule has 0 radical (unpaired) electrons. The van der Waals surface area contributed by atoms with E-state index in [1.807, 2.05) is 31.2 Å². The molecule has 0 bridgehead atoms. The van der Waals surface area contributed by atoms with Gasteiger partial charge in [0.05, 0.1) is 13.2 Å². The Morgan fingerprint density at radius 1 is 1.06 bits per heavy atom. The maximum Gasteiger partial charge on any atom is 0.394 e. The highest BCUT2D eigenvalue weighted by atomic mass is 19.3. The van der Waals surface area contributed by atoms with Gasteiger partial charge in [-0.05, 0) is 48.9 Å². The first-order valence-electron chi connectivity index (χ1n) is 10.6. The number of aliphatic hydroxyl groups is 1. The maximum atomic E-state index is 13.0. The van der Waals surface area contributed by atoms with Gasteiger partial charge in [-0.2, -0.15) is 13.8 Å². The summed E-state index contributed by atoms with van der Waals surface area (Å²) in [5, 5.41) is 17.3. The third-order valence-corrected chi connectivity index (χ3v) is 4.69. The Kier molecular flexibility index (Phi) is 6.82. The van der Waals surface area contributed by atoms with Gasteiger partial charge in [-0.25, -0.2) is 9.67 Å². The predicted molar refractivity (Wildman–Crippen MR) is 117 cm³/mol. The molecule has 2 aromatic heterocycles. The summed E-state index contributed by atoms with van der Waals surface area (Å²) in [7, 11) is 0. The molecule has 0 aliphatic carbocycles. The molecular weight excluding hydrogens is 448 g/mol. The SMILES string of the molecule is Cc1nc(-c2nc(-c3ccc(OC(C)(F)F)cc3)no2)nn1Cc1cccc(OCCCO)c1. The fourth-order valence-corrected chi connectivity index (χ4v) is 3.13. The minimum absolute atomic E-state index is 0.0267. The Labute approximate surface area is 194 Å². The molecule has 34 heavy (non-hydrogen) atoms. The van der Waals surface area contributed by atoms with Crippen molar-refractivity contribution in [3.63, 3.8) is 0 Å². The summed E-state index contributed by atoms with van der Waals surface area (Å²) in [5.41, 5.74) is 1.53. The first-order chi connectivity index (χ1) is 16.3. The van der Waals surface area contributed by atoms with Gasteiger partial charge in [0.1, 0.15) is 17.3 Å². The van der Waals surface area contributed by atoms with E-state index in [9.17, 15) is 8.78 Å². The van der Waals surface area contributed by atoms with E-state index < -0.39 is 6.11 Å². The van der Waals surface area contributed by atoms with Gasteiger partial charge in [-0.15, -0.1) is 5.10 Å². The van der Waals surface area contributed by atoms with Crippen LogP contribution in [0.15, 0.2) is 53.1 Å². The quantitative estimate of drug-likeness (QED) is 0.344. The summed E-state index contributed by atoms with van der Waals surface area (Å²) in [6.45, 7) is 3.46. The van der Waals surface area contributed by atoms with Crippen LogP contribution in [0.1, 0.15) is 24.7 Å². The van der Waals surface area contributed by atoms with Crippen LogP contribution in [0.2, 0.25) is 0 Å². The van der Waals surface area contributed by atoms with E-state index in [-0.39, 0.29) is 29.9 Å². The molecule has 4 aromatic rings. The molecule has 4 rings (SSSR count). The first kappa shape index (κ1) is 23.3. The number of nitrogens with zero attached hydrogens (tertiary/aromatic N) is 5. The molecule has 0 aliphatic rings. The second-order valence-corrected chi connectivity index (χ2v) is 7.57. The van der Waals surface area contributed by atoms with Crippen LogP contribution in [0.4, 0.5) is 8.78 Å². The smallest absolute Gasteiger partial charge is 0.394 e. The number of halogens is 2. The fourth-order valence-electron chi connectivity index (χ4n) is 3.13. The van der Waals surface area contributed by atoms with E-state index in [1.54, 1.807) is 16.8 Å². The predicted octanol–water partition coefficient (Wildman–Crippen LogP) is 4.10. The lowest BCUT2D eigenvalue weighted by atomic mass is 10.2. The zero-order valence-electron chi connectivity index (χ0n) is 18.6. The van der Waals surface area contributed by atoms with Crippen molar-refractivity contribution in [2.24, 2.45) is 0 Å². The number of aliphatic hydroxyl groups excluding tert-OH is 1. The monoisotopic (exact) mass is 471 g/mol. The summed E-state index contributed by atoms with van der Waals surface area (Å²) in [6, 6.07) is 13.5. The highest BCUT2D eigenvalue weighted by Crippen LogP contribution is 2.26. The number of benzene rings is 2. The number of hydrogen-bond donors (Lipinski definition) is 1. The average molecular weight is 471 g/mol. The second-order valence-electron chi connectivity index (χ2n) is 7.57. The number of rotatable bonds is 10. The fraction of sp³-hybridized carbons (Fsp3) is 0.304. The summed E-state index contributed by atoms with van der Waals surface area (Å²) >= 11 is 0. The molecule has 0 spiro atoms. The molecule has 9 nitrogen and oxygen atoms in total. The van der Waals surface area contributed by atoms with Gasteiger partial charge < -0.3 is 19.1 Å². The highest BCUT2D eigenvalue weighted by Gasteiger charge is 2.23. The van der Waals surface area contributed by atoms with Crippen molar-refractivity contribution in [3.05, 3.63) is 59.9 Å². The molecule has 178 valence electrons. The van der Waals surface area contributed by atoms with Crippen LogP contribution < -0.4 is 9.47 Å². The van der Waals surface area contributed by atoms with Crippen LogP contribution in [-0.4, -0.2) is 49.3 Å². The number of aryl methyl sites for hydroxylation is 1. The van der Waals surface area contributed by atoms with E-state index >= 15 is 0 Å². The van der Waals surface area contributed by atoms with Crippen LogP contribution in [0.5, 0.6) is 11.5 Å². The van der Waals surface area contributed by atoms with Crippen molar-refractivity contribution in [1.29, 1.82) is 0 Å². The van der Waals surface area contributed by atoms with Gasteiger partial charge in [-0.1, -0.05) is 17.3 Å². The molecule has 0 saturated carbocycles. The second kappa shape index (κ2) is 9.96. The lowest BCUT2D eigenvalue weighted by molar-refractivity contribution is -0.158. The Bertz CT molecular complexity index is 1230. The lowest BCUT2D eigenvalue weighted by Gasteiger charge is -2.12. The van der Waals surface area contributed by atoms with Gasteiger partial charge in [-0.3, -0.25) is 0 Å². The minimum atomic E-state index is -3.27. The average Bonchev–Trinajstić information content (AvgIpc) is 3.41. The minimum Gasteiger partial charge on any atom is -0.493 e. The molecular formula is C23H23F2N5O4. The third-order valence-electron chi connectivity index (χ3n) is 4.69. The normalized spacial score (nSPS) is 11.6. The van der Waals surface area contributed by atoms with E-state index in [4.69, 9.17) is 14.4 Å². The molecule has 1 N–H and O–H groups in total. The zero-order chi connectivity index (χ0) is 24.1. The van der Waals surface area contributed by atoms with Crippen LogP contribution >= 0.6 is 0 Å².